The van der Waals surface area contributed by atoms with Crippen LogP contribution in [0.2, 0.25) is 0 Å². The number of rotatable bonds is 7. The van der Waals surface area contributed by atoms with Crippen LogP contribution in [0.4, 0.5) is 4.39 Å². The van der Waals surface area contributed by atoms with Gasteiger partial charge in [-0.3, -0.25) is 4.79 Å². The minimum atomic E-state index is -1.01. The van der Waals surface area contributed by atoms with E-state index in [4.69, 9.17) is 0 Å². The van der Waals surface area contributed by atoms with E-state index in [0.29, 0.717) is 22.2 Å². The van der Waals surface area contributed by atoms with Gasteiger partial charge in [-0.2, -0.15) is 5.10 Å². The summed E-state index contributed by atoms with van der Waals surface area (Å²) >= 11 is 0. The Morgan fingerprint density at radius 3 is 2.31 bits per heavy atom. The van der Waals surface area contributed by atoms with Gasteiger partial charge in [0.25, 0.3) is 5.91 Å². The lowest BCUT2D eigenvalue weighted by molar-refractivity contribution is 0.0696. The molecule has 208 valence electrons. The molecule has 0 saturated heterocycles. The van der Waals surface area contributed by atoms with Crippen molar-refractivity contribution in [3.63, 3.8) is 0 Å². The number of hydrogen-bond donors (Lipinski definition) is 2. The second-order valence-electron chi connectivity index (χ2n) is 10.5. The van der Waals surface area contributed by atoms with Gasteiger partial charge < -0.3 is 10.4 Å². The highest BCUT2D eigenvalue weighted by Crippen LogP contribution is 2.33. The van der Waals surface area contributed by atoms with Crippen molar-refractivity contribution in [1.82, 2.24) is 14.9 Å². The van der Waals surface area contributed by atoms with Crippen LogP contribution < -0.4 is 5.32 Å². The van der Waals surface area contributed by atoms with Crippen molar-refractivity contribution in [3.8, 4) is 11.1 Å². The third kappa shape index (κ3) is 5.12. The molecule has 2 atom stereocenters. The Kier molecular flexibility index (Phi) is 7.00. The van der Waals surface area contributed by atoms with Gasteiger partial charge in [0.05, 0.1) is 28.9 Å². The molecule has 6 nitrogen and oxygen atoms in total. The highest BCUT2D eigenvalue weighted by atomic mass is 19.1. The summed E-state index contributed by atoms with van der Waals surface area (Å²) in [4.78, 5) is 25.2. The van der Waals surface area contributed by atoms with E-state index in [1.165, 1.54) is 24.3 Å². The number of fused-ring (bicyclic) bond motifs is 2. The van der Waals surface area contributed by atoms with Gasteiger partial charge in [0, 0.05) is 23.2 Å². The zero-order chi connectivity index (χ0) is 29.4. The van der Waals surface area contributed by atoms with E-state index in [1.807, 2.05) is 25.3 Å². The Labute approximate surface area is 242 Å². The second-order valence-corrected chi connectivity index (χ2v) is 10.5. The summed E-state index contributed by atoms with van der Waals surface area (Å²) in [5.74, 6) is -1.77. The smallest absolute Gasteiger partial charge is 0.335 e. The number of aromatic nitrogens is 2. The van der Waals surface area contributed by atoms with E-state index >= 15 is 0 Å². The topological polar surface area (TPSA) is 83.7 Å². The SMILES string of the molecule is C[C@@H](c1ccc2ccccc2c1)c1cnn2cc(-c3cccc(F)c3)cc(C(=O)N[C@@H](C)c3ccc(C(=O)O)cc3)c12. The molecule has 0 spiro atoms. The number of hydrogen-bond acceptors (Lipinski definition) is 3. The van der Waals surface area contributed by atoms with Crippen LogP contribution in [0, 0.1) is 5.82 Å². The van der Waals surface area contributed by atoms with Gasteiger partial charge in [-0.15, -0.1) is 0 Å². The number of benzene rings is 4. The molecule has 0 aliphatic carbocycles. The van der Waals surface area contributed by atoms with Crippen LogP contribution in [-0.4, -0.2) is 26.6 Å². The standard InChI is InChI=1S/C35H28FN3O3/c1-21(26-15-12-24-6-3-4-7-27(24)16-26)32-19-37-39-20-29(28-8-5-9-30(36)17-28)18-31(33(32)39)34(40)38-22(2)23-10-13-25(14-11-23)35(41)42/h3-22H,1-2H3,(H,38,40)(H,41,42)/t21-,22-/m0/s1. The Balaban J connectivity index is 1.43. The van der Waals surface area contributed by atoms with Crippen LogP contribution in [0.1, 0.15) is 63.2 Å². The van der Waals surface area contributed by atoms with Crippen LogP contribution in [0.15, 0.2) is 109 Å². The summed E-state index contributed by atoms with van der Waals surface area (Å²) in [5, 5.41) is 19.2. The molecule has 0 radical (unpaired) electrons. The average Bonchev–Trinajstić information content (AvgIpc) is 3.44. The predicted molar refractivity (Wildman–Crippen MR) is 161 cm³/mol. The van der Waals surface area contributed by atoms with E-state index in [0.717, 1.165) is 27.5 Å². The summed E-state index contributed by atoms with van der Waals surface area (Å²) in [5.41, 5.74) is 5.28. The van der Waals surface area contributed by atoms with Crippen LogP contribution >= 0.6 is 0 Å². The normalized spacial score (nSPS) is 12.7. The lowest BCUT2D eigenvalue weighted by Crippen LogP contribution is -2.27. The summed E-state index contributed by atoms with van der Waals surface area (Å²) in [6, 6.07) is 28.6. The maximum atomic E-state index is 14.1. The fourth-order valence-corrected chi connectivity index (χ4v) is 5.39. The van der Waals surface area contributed by atoms with Crippen molar-refractivity contribution in [2.45, 2.75) is 25.8 Å². The molecule has 2 aromatic heterocycles. The number of carbonyl (C=O) groups excluding carboxylic acids is 1. The van der Waals surface area contributed by atoms with Crippen LogP contribution in [0.3, 0.4) is 0 Å². The molecule has 7 heteroatoms. The monoisotopic (exact) mass is 557 g/mol. The van der Waals surface area contributed by atoms with E-state index in [9.17, 15) is 19.1 Å². The summed E-state index contributed by atoms with van der Waals surface area (Å²) in [6.07, 6.45) is 3.60. The van der Waals surface area contributed by atoms with Crippen LogP contribution in [0.25, 0.3) is 27.4 Å². The third-order valence-electron chi connectivity index (χ3n) is 7.79. The number of carboxylic acids is 1. The zero-order valence-electron chi connectivity index (χ0n) is 23.1. The number of nitrogens with one attached hydrogen (secondary N) is 1. The Bertz CT molecular complexity index is 1960. The molecule has 42 heavy (non-hydrogen) atoms. The Morgan fingerprint density at radius 2 is 1.57 bits per heavy atom. The van der Waals surface area contributed by atoms with Crippen molar-refractivity contribution in [2.24, 2.45) is 0 Å². The van der Waals surface area contributed by atoms with Gasteiger partial charge in [0.1, 0.15) is 5.82 Å². The lowest BCUT2D eigenvalue weighted by Gasteiger charge is -2.18. The average molecular weight is 558 g/mol. The first kappa shape index (κ1) is 26.9. The van der Waals surface area contributed by atoms with Crippen molar-refractivity contribution in [1.29, 1.82) is 0 Å². The number of pyridine rings is 1. The molecule has 0 aliphatic heterocycles. The van der Waals surface area contributed by atoms with Crippen molar-refractivity contribution in [2.75, 3.05) is 0 Å². The second kappa shape index (κ2) is 10.9. The van der Waals surface area contributed by atoms with E-state index < -0.39 is 12.0 Å². The number of aromatic carboxylic acids is 1. The van der Waals surface area contributed by atoms with Gasteiger partial charge in [0.15, 0.2) is 0 Å². The molecular weight excluding hydrogens is 529 g/mol. The minimum absolute atomic E-state index is 0.0698. The lowest BCUT2D eigenvalue weighted by atomic mass is 9.91. The third-order valence-corrected chi connectivity index (χ3v) is 7.79. The maximum Gasteiger partial charge on any atom is 0.335 e. The van der Waals surface area contributed by atoms with Crippen LogP contribution in [0.5, 0.6) is 0 Å². The summed E-state index contributed by atoms with van der Waals surface area (Å²) in [6.45, 7) is 3.94. The Hall–Kier alpha value is -5.30. The number of carbonyl (C=O) groups is 2. The van der Waals surface area contributed by atoms with E-state index in [-0.39, 0.29) is 23.2 Å². The van der Waals surface area contributed by atoms with Gasteiger partial charge in [0.2, 0.25) is 0 Å². The summed E-state index contributed by atoms with van der Waals surface area (Å²) < 4.78 is 15.8. The quantitative estimate of drug-likeness (QED) is 0.211. The van der Waals surface area contributed by atoms with Crippen molar-refractivity contribution in [3.05, 3.63) is 143 Å². The molecule has 0 aliphatic rings. The molecule has 6 aromatic rings. The number of nitrogens with zero attached hydrogens (tertiary/aromatic N) is 2. The number of amides is 1. The first-order valence-electron chi connectivity index (χ1n) is 13.7. The first-order chi connectivity index (χ1) is 20.3. The zero-order valence-corrected chi connectivity index (χ0v) is 23.1. The molecule has 4 aromatic carbocycles. The highest BCUT2D eigenvalue weighted by molar-refractivity contribution is 6.03. The largest absolute Gasteiger partial charge is 0.478 e. The van der Waals surface area contributed by atoms with Gasteiger partial charge >= 0.3 is 5.97 Å². The molecule has 2 heterocycles. The van der Waals surface area contributed by atoms with Crippen molar-refractivity contribution < 1.29 is 19.1 Å². The van der Waals surface area contributed by atoms with Gasteiger partial charge in [-0.05, 0) is 64.7 Å². The molecule has 2 N–H and O–H groups in total. The number of halogens is 1. The van der Waals surface area contributed by atoms with E-state index in [1.54, 1.807) is 41.0 Å². The first-order valence-corrected chi connectivity index (χ1v) is 13.7. The Morgan fingerprint density at radius 1 is 0.833 bits per heavy atom. The predicted octanol–water partition coefficient (Wildman–Crippen LogP) is 7.63. The highest BCUT2D eigenvalue weighted by Gasteiger charge is 2.23. The van der Waals surface area contributed by atoms with Gasteiger partial charge in [-0.1, -0.05) is 73.7 Å². The molecule has 0 fully saturated rings. The molecular formula is C35H28FN3O3. The number of carboxylic acid groups (broad SMARTS) is 1. The molecule has 0 saturated carbocycles. The maximum absolute atomic E-state index is 14.1. The molecule has 0 bridgehead atoms. The fourth-order valence-electron chi connectivity index (χ4n) is 5.39. The van der Waals surface area contributed by atoms with Crippen molar-refractivity contribution >= 4 is 28.2 Å². The molecule has 6 rings (SSSR count). The van der Waals surface area contributed by atoms with Gasteiger partial charge in [-0.25, -0.2) is 13.7 Å². The van der Waals surface area contributed by atoms with Crippen LogP contribution in [-0.2, 0) is 0 Å². The molecule has 0 unspecified atom stereocenters. The molecule has 1 amide bonds. The van der Waals surface area contributed by atoms with E-state index in [2.05, 4.69) is 47.7 Å². The minimum Gasteiger partial charge on any atom is -0.478 e. The fraction of sp³-hybridized carbons (Fsp3) is 0.114. The summed E-state index contributed by atoms with van der Waals surface area (Å²) in [7, 11) is 0.